The molecule has 3 rings (SSSR count). The average molecular weight is 614 g/mol. The number of nitrogens with two attached hydrogens (primary N) is 2. The Bertz CT molecular complexity index is 1460. The number of ether oxygens (including phenoxy) is 3. The molecule has 14 heteroatoms. The SMILES string of the molecule is CC(C)(O)CCC(CC(OC(=O)OCOC(=O)CN)C(Cc1cccc(F)c1)NC(=O)c1cnc2ccccc2n1)C(N)=O. The van der Waals surface area contributed by atoms with Crippen LogP contribution < -0.4 is 16.8 Å². The van der Waals surface area contributed by atoms with Crippen LogP contribution in [0.5, 0.6) is 0 Å². The van der Waals surface area contributed by atoms with Crippen molar-refractivity contribution in [3.05, 3.63) is 71.8 Å². The second-order valence-corrected chi connectivity index (χ2v) is 10.7. The topological polar surface area (TPSA) is 206 Å². The molecule has 0 aliphatic heterocycles. The summed E-state index contributed by atoms with van der Waals surface area (Å²) >= 11 is 0. The second-order valence-electron chi connectivity index (χ2n) is 10.7. The molecule has 0 bridgehead atoms. The molecule has 0 fully saturated rings. The van der Waals surface area contributed by atoms with E-state index in [-0.39, 0.29) is 31.4 Å². The van der Waals surface area contributed by atoms with Gasteiger partial charge in [-0.25, -0.2) is 14.2 Å². The van der Waals surface area contributed by atoms with Gasteiger partial charge in [-0.1, -0.05) is 24.3 Å². The van der Waals surface area contributed by atoms with E-state index in [9.17, 15) is 28.7 Å². The third kappa shape index (κ3) is 10.9. The van der Waals surface area contributed by atoms with Crippen LogP contribution in [-0.4, -0.2) is 70.1 Å². The molecule has 0 aliphatic carbocycles. The number of aromatic nitrogens is 2. The van der Waals surface area contributed by atoms with E-state index in [2.05, 4.69) is 20.0 Å². The van der Waals surface area contributed by atoms with Crippen LogP contribution in [0, 0.1) is 11.7 Å². The standard InChI is InChI=1S/C30H36FN5O8/c1-30(2,41)11-10-19(27(33)38)14-25(44-29(40)43-17-42-26(37)15-32)23(13-18-6-5-7-20(31)12-18)36-28(39)24-16-34-21-8-3-4-9-22(21)35-24/h3-9,12,16,19,23,25,41H,10-11,13-15,17,32H2,1-2H3,(H2,33,38)(H,36,39). The summed E-state index contributed by atoms with van der Waals surface area (Å²) in [7, 11) is 0. The van der Waals surface area contributed by atoms with Gasteiger partial charge < -0.3 is 36.1 Å². The zero-order valence-electron chi connectivity index (χ0n) is 24.4. The minimum Gasteiger partial charge on any atom is -0.429 e. The van der Waals surface area contributed by atoms with Gasteiger partial charge >= 0.3 is 12.1 Å². The number of aliphatic hydroxyl groups is 1. The number of nitrogens with zero attached hydrogens (tertiary/aromatic N) is 2. The molecule has 0 saturated heterocycles. The van der Waals surface area contributed by atoms with Crippen molar-refractivity contribution in [2.45, 2.75) is 57.3 Å². The zero-order chi connectivity index (χ0) is 32.3. The quantitative estimate of drug-likeness (QED) is 0.144. The first-order valence-electron chi connectivity index (χ1n) is 13.8. The van der Waals surface area contributed by atoms with Crippen molar-refractivity contribution in [2.24, 2.45) is 17.4 Å². The summed E-state index contributed by atoms with van der Waals surface area (Å²) in [5, 5.41) is 13.0. The molecule has 0 spiro atoms. The number of halogens is 1. The molecule has 6 N–H and O–H groups in total. The molecule has 2 amide bonds. The summed E-state index contributed by atoms with van der Waals surface area (Å²) in [6, 6.07) is 11.4. The molecular formula is C30H36FN5O8. The number of nitrogens with one attached hydrogen (secondary N) is 1. The van der Waals surface area contributed by atoms with Crippen molar-refractivity contribution in [2.75, 3.05) is 13.3 Å². The van der Waals surface area contributed by atoms with Crippen molar-refractivity contribution in [1.82, 2.24) is 15.3 Å². The maximum Gasteiger partial charge on any atom is 0.511 e. The first-order valence-corrected chi connectivity index (χ1v) is 13.8. The van der Waals surface area contributed by atoms with E-state index in [1.807, 2.05) is 0 Å². The molecule has 13 nitrogen and oxygen atoms in total. The molecule has 1 aromatic heterocycles. The van der Waals surface area contributed by atoms with Gasteiger partial charge in [-0.3, -0.25) is 19.4 Å². The molecule has 3 atom stereocenters. The van der Waals surface area contributed by atoms with Gasteiger partial charge in [0.25, 0.3) is 5.91 Å². The Labute approximate surface area is 253 Å². The predicted molar refractivity (Wildman–Crippen MR) is 155 cm³/mol. The van der Waals surface area contributed by atoms with Crippen LogP contribution in [0.2, 0.25) is 0 Å². The third-order valence-corrected chi connectivity index (χ3v) is 6.63. The van der Waals surface area contributed by atoms with Gasteiger partial charge in [0.05, 0.1) is 35.4 Å². The number of amides is 2. The molecule has 0 radical (unpaired) electrons. The van der Waals surface area contributed by atoms with E-state index >= 15 is 0 Å². The van der Waals surface area contributed by atoms with Crippen LogP contribution >= 0.6 is 0 Å². The lowest BCUT2D eigenvalue weighted by atomic mass is 9.87. The van der Waals surface area contributed by atoms with Crippen molar-refractivity contribution < 1.29 is 42.9 Å². The highest BCUT2D eigenvalue weighted by atomic mass is 19.1. The van der Waals surface area contributed by atoms with Crippen LogP contribution in [0.1, 0.15) is 49.2 Å². The van der Waals surface area contributed by atoms with Gasteiger partial charge in [0.2, 0.25) is 12.7 Å². The zero-order valence-corrected chi connectivity index (χ0v) is 24.4. The van der Waals surface area contributed by atoms with Crippen molar-refractivity contribution >= 4 is 35.0 Å². The molecule has 1 heterocycles. The first-order chi connectivity index (χ1) is 20.8. The summed E-state index contributed by atoms with van der Waals surface area (Å²) in [5.41, 5.74) is 11.1. The summed E-state index contributed by atoms with van der Waals surface area (Å²) in [6.07, 6.45) is -1.22. The Morgan fingerprint density at radius 1 is 1.07 bits per heavy atom. The number of para-hydroxylation sites is 2. The number of carbonyl (C=O) groups excluding carboxylic acids is 4. The van der Waals surface area contributed by atoms with Crippen LogP contribution in [0.15, 0.2) is 54.7 Å². The van der Waals surface area contributed by atoms with Crippen molar-refractivity contribution in [3.8, 4) is 0 Å². The highest BCUT2D eigenvalue weighted by Gasteiger charge is 2.34. The van der Waals surface area contributed by atoms with Gasteiger partial charge in [0, 0.05) is 5.92 Å². The number of hydrogen-bond donors (Lipinski definition) is 4. The number of rotatable bonds is 15. The number of benzene rings is 2. The van der Waals surface area contributed by atoms with Gasteiger partial charge in [-0.15, -0.1) is 0 Å². The van der Waals surface area contributed by atoms with Gasteiger partial charge in [0.1, 0.15) is 17.6 Å². The normalized spacial score (nSPS) is 13.4. The maximum absolute atomic E-state index is 14.1. The van der Waals surface area contributed by atoms with Crippen LogP contribution in [0.25, 0.3) is 11.0 Å². The monoisotopic (exact) mass is 613 g/mol. The fraction of sp³-hybridized carbons (Fsp3) is 0.400. The number of carbonyl (C=O) groups is 4. The lowest BCUT2D eigenvalue weighted by molar-refractivity contribution is -0.152. The minimum atomic E-state index is -1.28. The highest BCUT2D eigenvalue weighted by Crippen LogP contribution is 2.24. The van der Waals surface area contributed by atoms with E-state index in [0.29, 0.717) is 16.6 Å². The summed E-state index contributed by atoms with van der Waals surface area (Å²) in [5.74, 6) is -3.70. The largest absolute Gasteiger partial charge is 0.511 e. The smallest absolute Gasteiger partial charge is 0.429 e. The van der Waals surface area contributed by atoms with E-state index in [4.69, 9.17) is 20.9 Å². The van der Waals surface area contributed by atoms with Crippen molar-refractivity contribution in [1.29, 1.82) is 0 Å². The number of fused-ring (bicyclic) bond motifs is 1. The summed E-state index contributed by atoms with van der Waals surface area (Å²) in [4.78, 5) is 58.5. The highest BCUT2D eigenvalue weighted by molar-refractivity contribution is 5.94. The predicted octanol–water partition coefficient (Wildman–Crippen LogP) is 2.13. The Morgan fingerprint density at radius 2 is 1.80 bits per heavy atom. The summed E-state index contributed by atoms with van der Waals surface area (Å²) in [6.45, 7) is 1.89. The first kappa shape index (κ1) is 33.8. The number of primary amides is 1. The molecule has 0 saturated carbocycles. The second kappa shape index (κ2) is 15.7. The Kier molecular flexibility index (Phi) is 12.1. The van der Waals surface area contributed by atoms with Crippen LogP contribution in [0.3, 0.4) is 0 Å². The summed E-state index contributed by atoms with van der Waals surface area (Å²) < 4.78 is 29.2. The molecule has 2 aromatic carbocycles. The Hall–Kier alpha value is -4.69. The Balaban J connectivity index is 1.95. The lowest BCUT2D eigenvalue weighted by Crippen LogP contribution is -2.48. The molecule has 236 valence electrons. The average Bonchev–Trinajstić information content (AvgIpc) is 2.97. The van der Waals surface area contributed by atoms with Gasteiger partial charge in [-0.05, 0) is 69.4 Å². The van der Waals surface area contributed by atoms with Gasteiger partial charge in [0.15, 0.2) is 0 Å². The van der Waals surface area contributed by atoms with E-state index in [1.165, 1.54) is 24.4 Å². The molecular weight excluding hydrogens is 577 g/mol. The molecule has 0 aliphatic rings. The van der Waals surface area contributed by atoms with Crippen LogP contribution in [-0.2, 0) is 30.2 Å². The molecule has 3 aromatic rings. The Morgan fingerprint density at radius 3 is 2.45 bits per heavy atom. The van der Waals surface area contributed by atoms with Crippen molar-refractivity contribution in [3.63, 3.8) is 0 Å². The number of hydrogen-bond acceptors (Lipinski definition) is 11. The number of esters is 1. The maximum atomic E-state index is 14.1. The van der Waals surface area contributed by atoms with E-state index in [1.54, 1.807) is 44.2 Å². The molecule has 3 unspecified atom stereocenters. The van der Waals surface area contributed by atoms with Crippen LogP contribution in [0.4, 0.5) is 9.18 Å². The van der Waals surface area contributed by atoms with E-state index in [0.717, 1.165) is 0 Å². The fourth-order valence-electron chi connectivity index (χ4n) is 4.34. The van der Waals surface area contributed by atoms with E-state index < -0.39 is 66.8 Å². The minimum absolute atomic E-state index is 0.0450. The molecule has 44 heavy (non-hydrogen) atoms. The fourth-order valence-corrected chi connectivity index (χ4v) is 4.34. The third-order valence-electron chi connectivity index (χ3n) is 6.63. The van der Waals surface area contributed by atoms with Gasteiger partial charge in [-0.2, -0.15) is 0 Å². The lowest BCUT2D eigenvalue weighted by Gasteiger charge is -2.30.